The highest BCUT2D eigenvalue weighted by molar-refractivity contribution is 5.55. The van der Waals surface area contributed by atoms with Crippen LogP contribution in [0.1, 0.15) is 17.0 Å². The molecule has 6 nitrogen and oxygen atoms in total. The van der Waals surface area contributed by atoms with Gasteiger partial charge in [-0.15, -0.1) is 0 Å². The molecule has 1 aliphatic rings. The second kappa shape index (κ2) is 8.44. The first-order valence-electron chi connectivity index (χ1n) is 9.88. The van der Waals surface area contributed by atoms with Crippen LogP contribution in [0.2, 0.25) is 0 Å². The number of benzene rings is 1. The van der Waals surface area contributed by atoms with Crippen molar-refractivity contribution < 1.29 is 0 Å². The molecule has 0 atom stereocenters. The Morgan fingerprint density at radius 2 is 1.68 bits per heavy atom. The quantitative estimate of drug-likeness (QED) is 0.717. The van der Waals surface area contributed by atoms with Gasteiger partial charge in [-0.1, -0.05) is 24.3 Å². The van der Waals surface area contributed by atoms with E-state index in [-0.39, 0.29) is 0 Å². The molecule has 4 rings (SSSR count). The molecule has 1 aromatic carbocycles. The summed E-state index contributed by atoms with van der Waals surface area (Å²) in [6.07, 6.45) is 5.70. The van der Waals surface area contributed by atoms with Crippen LogP contribution in [0.15, 0.2) is 55.0 Å². The third kappa shape index (κ3) is 4.02. The van der Waals surface area contributed by atoms with E-state index in [1.807, 2.05) is 36.3 Å². The lowest BCUT2D eigenvalue weighted by Crippen LogP contribution is -2.47. The molecule has 1 saturated heterocycles. The van der Waals surface area contributed by atoms with Gasteiger partial charge in [0.15, 0.2) is 0 Å². The molecule has 1 aliphatic heterocycles. The molecular weight excluding hydrogens is 348 g/mol. The van der Waals surface area contributed by atoms with Gasteiger partial charge in [-0.25, -0.2) is 9.97 Å². The molecule has 3 aromatic rings. The highest BCUT2D eigenvalue weighted by Gasteiger charge is 2.21. The SMILES string of the molecule is Cc1ccccc1N1CCN(c2ncccc2CNCc2nccn2C)CC1. The van der Waals surface area contributed by atoms with Gasteiger partial charge in [0, 0.05) is 69.6 Å². The topological polar surface area (TPSA) is 49.2 Å². The fourth-order valence-electron chi connectivity index (χ4n) is 3.81. The Kier molecular flexibility index (Phi) is 5.58. The maximum Gasteiger partial charge on any atom is 0.133 e. The van der Waals surface area contributed by atoms with E-state index in [0.29, 0.717) is 0 Å². The predicted octanol–water partition coefficient (Wildman–Crippen LogP) is 2.74. The minimum absolute atomic E-state index is 0.749. The van der Waals surface area contributed by atoms with Crippen LogP contribution in [0.3, 0.4) is 0 Å². The van der Waals surface area contributed by atoms with Crippen molar-refractivity contribution in [3.8, 4) is 0 Å². The Morgan fingerprint density at radius 1 is 0.893 bits per heavy atom. The molecule has 2 aromatic heterocycles. The van der Waals surface area contributed by atoms with E-state index in [9.17, 15) is 0 Å². The lowest BCUT2D eigenvalue weighted by Gasteiger charge is -2.38. The van der Waals surface area contributed by atoms with Gasteiger partial charge in [0.2, 0.25) is 0 Å². The Hall–Kier alpha value is -2.86. The summed E-state index contributed by atoms with van der Waals surface area (Å²) < 4.78 is 2.04. The van der Waals surface area contributed by atoms with Gasteiger partial charge in [0.1, 0.15) is 11.6 Å². The van der Waals surface area contributed by atoms with Crippen LogP contribution in [-0.4, -0.2) is 40.7 Å². The van der Waals surface area contributed by atoms with Crippen molar-refractivity contribution in [3.63, 3.8) is 0 Å². The lowest BCUT2D eigenvalue weighted by molar-refractivity contribution is 0.622. The summed E-state index contributed by atoms with van der Waals surface area (Å²) in [4.78, 5) is 14.0. The zero-order valence-corrected chi connectivity index (χ0v) is 16.7. The third-order valence-electron chi connectivity index (χ3n) is 5.42. The first-order valence-corrected chi connectivity index (χ1v) is 9.88. The largest absolute Gasteiger partial charge is 0.368 e. The Morgan fingerprint density at radius 3 is 2.43 bits per heavy atom. The standard InChI is InChI=1S/C22H28N6/c1-18-6-3-4-8-20(18)27-12-14-28(15-13-27)22-19(7-5-9-25-22)16-23-17-21-24-10-11-26(21)2/h3-11,23H,12-17H2,1-2H3. The van der Waals surface area contributed by atoms with E-state index in [1.54, 1.807) is 0 Å². The highest BCUT2D eigenvalue weighted by Crippen LogP contribution is 2.24. The zero-order chi connectivity index (χ0) is 19.3. The monoisotopic (exact) mass is 376 g/mol. The minimum Gasteiger partial charge on any atom is -0.368 e. The number of imidazole rings is 1. The summed E-state index contributed by atoms with van der Waals surface area (Å²) in [6, 6.07) is 12.8. The van der Waals surface area contributed by atoms with Crippen LogP contribution in [0.25, 0.3) is 0 Å². The predicted molar refractivity (Wildman–Crippen MR) is 114 cm³/mol. The summed E-state index contributed by atoms with van der Waals surface area (Å²) in [6.45, 7) is 7.72. The number of hydrogen-bond acceptors (Lipinski definition) is 5. The molecule has 0 amide bonds. The number of piperazine rings is 1. The van der Waals surface area contributed by atoms with Crippen molar-refractivity contribution in [3.05, 3.63) is 71.9 Å². The molecule has 0 saturated carbocycles. The van der Waals surface area contributed by atoms with Crippen molar-refractivity contribution in [1.29, 1.82) is 0 Å². The van der Waals surface area contributed by atoms with E-state index in [2.05, 4.69) is 57.4 Å². The van der Waals surface area contributed by atoms with Crippen LogP contribution in [0.4, 0.5) is 11.5 Å². The fraction of sp³-hybridized carbons (Fsp3) is 0.364. The summed E-state index contributed by atoms with van der Waals surface area (Å²) in [5, 5.41) is 3.51. The van der Waals surface area contributed by atoms with E-state index < -0.39 is 0 Å². The Labute approximate surface area is 166 Å². The summed E-state index contributed by atoms with van der Waals surface area (Å²) >= 11 is 0. The van der Waals surface area contributed by atoms with Gasteiger partial charge in [-0.2, -0.15) is 0 Å². The second-order valence-corrected chi connectivity index (χ2v) is 7.30. The van der Waals surface area contributed by atoms with Crippen LogP contribution in [0.5, 0.6) is 0 Å². The van der Waals surface area contributed by atoms with Crippen LogP contribution in [-0.2, 0) is 20.1 Å². The molecule has 146 valence electrons. The fourth-order valence-corrected chi connectivity index (χ4v) is 3.81. The number of nitrogens with zero attached hydrogens (tertiary/aromatic N) is 5. The molecule has 1 N–H and O–H groups in total. The van der Waals surface area contributed by atoms with Gasteiger partial charge < -0.3 is 19.7 Å². The summed E-state index contributed by atoms with van der Waals surface area (Å²) in [7, 11) is 2.02. The molecule has 0 spiro atoms. The van der Waals surface area contributed by atoms with E-state index in [1.165, 1.54) is 16.8 Å². The van der Waals surface area contributed by atoms with Crippen LogP contribution in [0, 0.1) is 6.92 Å². The van der Waals surface area contributed by atoms with Crippen molar-refractivity contribution >= 4 is 11.5 Å². The van der Waals surface area contributed by atoms with E-state index in [4.69, 9.17) is 4.98 Å². The smallest absolute Gasteiger partial charge is 0.133 e. The number of para-hydroxylation sites is 1. The molecule has 28 heavy (non-hydrogen) atoms. The van der Waals surface area contributed by atoms with Crippen molar-refractivity contribution in [2.24, 2.45) is 7.05 Å². The number of pyridine rings is 1. The van der Waals surface area contributed by atoms with Gasteiger partial charge in [-0.05, 0) is 24.6 Å². The highest BCUT2D eigenvalue weighted by atomic mass is 15.3. The van der Waals surface area contributed by atoms with Crippen molar-refractivity contribution in [2.45, 2.75) is 20.0 Å². The number of hydrogen-bond donors (Lipinski definition) is 1. The normalized spacial score (nSPS) is 14.5. The molecular formula is C22H28N6. The molecule has 0 unspecified atom stereocenters. The number of aromatic nitrogens is 3. The van der Waals surface area contributed by atoms with Gasteiger partial charge >= 0.3 is 0 Å². The maximum absolute atomic E-state index is 4.70. The second-order valence-electron chi connectivity index (χ2n) is 7.30. The van der Waals surface area contributed by atoms with Crippen molar-refractivity contribution in [2.75, 3.05) is 36.0 Å². The average Bonchev–Trinajstić information content (AvgIpc) is 3.14. The van der Waals surface area contributed by atoms with Crippen molar-refractivity contribution in [1.82, 2.24) is 19.9 Å². The molecule has 1 fully saturated rings. The first kappa shape index (κ1) is 18.5. The lowest BCUT2D eigenvalue weighted by atomic mass is 10.1. The molecule has 0 bridgehead atoms. The molecule has 3 heterocycles. The van der Waals surface area contributed by atoms with E-state index >= 15 is 0 Å². The third-order valence-corrected chi connectivity index (χ3v) is 5.42. The maximum atomic E-state index is 4.70. The van der Waals surface area contributed by atoms with Gasteiger partial charge in [0.25, 0.3) is 0 Å². The number of nitrogens with one attached hydrogen (secondary N) is 1. The Bertz CT molecular complexity index is 911. The molecule has 0 radical (unpaired) electrons. The number of anilines is 2. The first-order chi connectivity index (χ1) is 13.7. The average molecular weight is 377 g/mol. The van der Waals surface area contributed by atoms with Crippen LogP contribution < -0.4 is 15.1 Å². The van der Waals surface area contributed by atoms with Gasteiger partial charge in [-0.3, -0.25) is 0 Å². The van der Waals surface area contributed by atoms with Crippen LogP contribution >= 0.6 is 0 Å². The van der Waals surface area contributed by atoms with E-state index in [0.717, 1.165) is 50.9 Å². The van der Waals surface area contributed by atoms with Gasteiger partial charge in [0.05, 0.1) is 6.54 Å². The minimum atomic E-state index is 0.749. The zero-order valence-electron chi connectivity index (χ0n) is 16.7. The summed E-state index contributed by atoms with van der Waals surface area (Å²) in [5.74, 6) is 2.14. The summed E-state index contributed by atoms with van der Waals surface area (Å²) in [5.41, 5.74) is 3.93. The number of rotatable bonds is 6. The molecule has 6 heteroatoms. The molecule has 0 aliphatic carbocycles. The number of aryl methyl sites for hydroxylation is 2. The Balaban J connectivity index is 1.39.